The highest BCUT2D eigenvalue weighted by molar-refractivity contribution is 5.56. The fourth-order valence-corrected chi connectivity index (χ4v) is 2.70. The van der Waals surface area contributed by atoms with E-state index in [0.717, 1.165) is 49.8 Å². The summed E-state index contributed by atoms with van der Waals surface area (Å²) in [4.78, 5) is 13.5. The molecule has 0 bridgehead atoms. The molecule has 1 aromatic rings. The third kappa shape index (κ3) is 4.04. The molecule has 2 heterocycles. The van der Waals surface area contributed by atoms with Gasteiger partial charge in [0.25, 0.3) is 0 Å². The first-order chi connectivity index (χ1) is 9.80. The van der Waals surface area contributed by atoms with Gasteiger partial charge >= 0.3 is 0 Å². The molecular formula is C15H27N5O. The smallest absolute Gasteiger partial charge is 0.137 e. The Labute approximate surface area is 127 Å². The summed E-state index contributed by atoms with van der Waals surface area (Å²) >= 11 is 0. The molecular weight excluding hydrogens is 266 g/mol. The standard InChI is InChI=1S/C15H27N5O/c1-5-12-17-13(16)11(2)14(18-12)20-8-6-19(7-9-20)10-15(3,4)21/h21H,5-10H2,1-4H3,(H2,16,17,18). The van der Waals surface area contributed by atoms with Crippen LogP contribution >= 0.6 is 0 Å². The highest BCUT2D eigenvalue weighted by Gasteiger charge is 2.24. The van der Waals surface area contributed by atoms with E-state index >= 15 is 0 Å². The summed E-state index contributed by atoms with van der Waals surface area (Å²) in [5, 5.41) is 9.91. The lowest BCUT2D eigenvalue weighted by molar-refractivity contribution is 0.0344. The molecule has 3 N–H and O–H groups in total. The second-order valence-corrected chi connectivity index (χ2v) is 6.40. The van der Waals surface area contributed by atoms with Crippen LogP contribution in [0.15, 0.2) is 0 Å². The number of hydrogen-bond acceptors (Lipinski definition) is 6. The molecule has 1 aromatic heterocycles. The summed E-state index contributed by atoms with van der Waals surface area (Å²) in [7, 11) is 0. The van der Waals surface area contributed by atoms with Crippen LogP contribution in [0.25, 0.3) is 0 Å². The Hall–Kier alpha value is -1.40. The third-order valence-electron chi connectivity index (χ3n) is 3.80. The maximum atomic E-state index is 9.91. The minimum Gasteiger partial charge on any atom is -0.389 e. The Bertz CT molecular complexity index is 490. The van der Waals surface area contributed by atoms with Crippen molar-refractivity contribution < 1.29 is 5.11 Å². The number of β-amino-alcohol motifs (C(OH)–C–C–N with tert-alkyl or cyclic N) is 1. The van der Waals surface area contributed by atoms with Crippen molar-refractivity contribution in [3.63, 3.8) is 0 Å². The van der Waals surface area contributed by atoms with Crippen molar-refractivity contribution >= 4 is 11.6 Å². The molecule has 1 saturated heterocycles. The van der Waals surface area contributed by atoms with Crippen LogP contribution in [-0.2, 0) is 6.42 Å². The molecule has 118 valence electrons. The van der Waals surface area contributed by atoms with Gasteiger partial charge in [0.2, 0.25) is 0 Å². The fraction of sp³-hybridized carbons (Fsp3) is 0.733. The Kier molecular flexibility index (Phi) is 4.68. The quantitative estimate of drug-likeness (QED) is 0.856. The molecule has 1 aliphatic rings. The zero-order valence-electron chi connectivity index (χ0n) is 13.6. The van der Waals surface area contributed by atoms with E-state index in [4.69, 9.17) is 5.73 Å². The molecule has 6 nitrogen and oxygen atoms in total. The lowest BCUT2D eigenvalue weighted by atomic mass is 10.1. The van der Waals surface area contributed by atoms with Gasteiger partial charge in [0.1, 0.15) is 17.5 Å². The van der Waals surface area contributed by atoms with E-state index in [1.54, 1.807) is 0 Å². The van der Waals surface area contributed by atoms with Crippen molar-refractivity contribution in [1.82, 2.24) is 14.9 Å². The van der Waals surface area contributed by atoms with Gasteiger partial charge in [0, 0.05) is 44.7 Å². The maximum Gasteiger partial charge on any atom is 0.137 e. The summed E-state index contributed by atoms with van der Waals surface area (Å²) in [5.74, 6) is 2.34. The summed E-state index contributed by atoms with van der Waals surface area (Å²) in [6, 6.07) is 0. The van der Waals surface area contributed by atoms with Crippen LogP contribution in [0.1, 0.15) is 32.2 Å². The molecule has 0 aromatic carbocycles. The van der Waals surface area contributed by atoms with Gasteiger partial charge in [-0.05, 0) is 20.8 Å². The number of aromatic nitrogens is 2. The molecule has 0 atom stereocenters. The molecule has 0 radical (unpaired) electrons. The number of nitrogens with zero attached hydrogens (tertiary/aromatic N) is 4. The summed E-state index contributed by atoms with van der Waals surface area (Å²) in [5.41, 5.74) is 6.31. The predicted octanol–water partition coefficient (Wildman–Crippen LogP) is 0.823. The Morgan fingerprint density at radius 3 is 2.33 bits per heavy atom. The van der Waals surface area contributed by atoms with E-state index in [0.29, 0.717) is 12.4 Å². The Morgan fingerprint density at radius 1 is 1.19 bits per heavy atom. The van der Waals surface area contributed by atoms with Gasteiger partial charge in [0.15, 0.2) is 0 Å². The molecule has 0 amide bonds. The van der Waals surface area contributed by atoms with E-state index in [1.807, 2.05) is 27.7 Å². The van der Waals surface area contributed by atoms with Crippen LogP contribution in [0.2, 0.25) is 0 Å². The Balaban J connectivity index is 2.07. The van der Waals surface area contributed by atoms with Gasteiger partial charge in [-0.3, -0.25) is 4.90 Å². The first-order valence-corrected chi connectivity index (χ1v) is 7.63. The molecule has 6 heteroatoms. The van der Waals surface area contributed by atoms with Crippen molar-refractivity contribution in [2.24, 2.45) is 0 Å². The Morgan fingerprint density at radius 2 is 1.81 bits per heavy atom. The zero-order chi connectivity index (χ0) is 15.6. The van der Waals surface area contributed by atoms with Crippen LogP contribution < -0.4 is 10.6 Å². The zero-order valence-corrected chi connectivity index (χ0v) is 13.6. The number of anilines is 2. The van der Waals surface area contributed by atoms with Crippen LogP contribution in [0.3, 0.4) is 0 Å². The second kappa shape index (κ2) is 6.15. The average Bonchev–Trinajstić information content (AvgIpc) is 2.41. The fourth-order valence-electron chi connectivity index (χ4n) is 2.70. The lowest BCUT2D eigenvalue weighted by Crippen LogP contribution is -2.51. The van der Waals surface area contributed by atoms with Gasteiger partial charge in [-0.1, -0.05) is 6.92 Å². The van der Waals surface area contributed by atoms with Crippen molar-refractivity contribution in [2.75, 3.05) is 43.4 Å². The van der Waals surface area contributed by atoms with Gasteiger partial charge in [0.05, 0.1) is 5.60 Å². The van der Waals surface area contributed by atoms with E-state index in [-0.39, 0.29) is 0 Å². The molecule has 0 spiro atoms. The topological polar surface area (TPSA) is 78.5 Å². The largest absolute Gasteiger partial charge is 0.389 e. The molecule has 0 saturated carbocycles. The average molecular weight is 293 g/mol. The van der Waals surface area contributed by atoms with E-state index in [2.05, 4.69) is 19.8 Å². The van der Waals surface area contributed by atoms with Crippen LogP contribution in [-0.4, -0.2) is 58.3 Å². The molecule has 0 unspecified atom stereocenters. The first-order valence-electron chi connectivity index (χ1n) is 7.63. The highest BCUT2D eigenvalue weighted by Crippen LogP contribution is 2.23. The number of aryl methyl sites for hydroxylation is 1. The minimum absolute atomic E-state index is 0.579. The second-order valence-electron chi connectivity index (χ2n) is 6.40. The number of nitrogen functional groups attached to an aromatic ring is 1. The predicted molar refractivity (Wildman–Crippen MR) is 85.5 cm³/mol. The van der Waals surface area contributed by atoms with Gasteiger partial charge < -0.3 is 15.7 Å². The maximum absolute atomic E-state index is 9.91. The number of aliphatic hydroxyl groups is 1. The van der Waals surface area contributed by atoms with E-state index < -0.39 is 5.60 Å². The number of rotatable bonds is 4. The minimum atomic E-state index is -0.646. The van der Waals surface area contributed by atoms with Crippen molar-refractivity contribution in [1.29, 1.82) is 0 Å². The van der Waals surface area contributed by atoms with Gasteiger partial charge in [-0.2, -0.15) is 0 Å². The van der Waals surface area contributed by atoms with E-state index in [9.17, 15) is 5.11 Å². The highest BCUT2D eigenvalue weighted by atomic mass is 16.3. The molecule has 21 heavy (non-hydrogen) atoms. The monoisotopic (exact) mass is 293 g/mol. The lowest BCUT2D eigenvalue weighted by Gasteiger charge is -2.38. The normalized spacial score (nSPS) is 17.3. The van der Waals surface area contributed by atoms with Gasteiger partial charge in [-0.15, -0.1) is 0 Å². The first kappa shape index (κ1) is 16.0. The number of piperazine rings is 1. The summed E-state index contributed by atoms with van der Waals surface area (Å²) < 4.78 is 0. The molecule has 1 aliphatic heterocycles. The van der Waals surface area contributed by atoms with Gasteiger partial charge in [-0.25, -0.2) is 9.97 Å². The van der Waals surface area contributed by atoms with Crippen molar-refractivity contribution in [3.8, 4) is 0 Å². The number of nitrogens with two attached hydrogens (primary N) is 1. The molecule has 0 aliphatic carbocycles. The number of hydrogen-bond donors (Lipinski definition) is 2. The van der Waals surface area contributed by atoms with E-state index in [1.165, 1.54) is 0 Å². The van der Waals surface area contributed by atoms with Crippen molar-refractivity contribution in [2.45, 2.75) is 39.7 Å². The third-order valence-corrected chi connectivity index (χ3v) is 3.80. The van der Waals surface area contributed by atoms with Crippen LogP contribution in [0, 0.1) is 6.92 Å². The van der Waals surface area contributed by atoms with Crippen LogP contribution in [0.5, 0.6) is 0 Å². The molecule has 1 fully saturated rings. The van der Waals surface area contributed by atoms with Crippen molar-refractivity contribution in [3.05, 3.63) is 11.4 Å². The summed E-state index contributed by atoms with van der Waals surface area (Å²) in [6.07, 6.45) is 0.788. The van der Waals surface area contributed by atoms with Crippen LogP contribution in [0.4, 0.5) is 11.6 Å². The molecule has 2 rings (SSSR count). The SMILES string of the molecule is CCc1nc(N)c(C)c(N2CCN(CC(C)(C)O)CC2)n1. The summed E-state index contributed by atoms with van der Waals surface area (Å²) in [6.45, 7) is 12.1.